The first kappa shape index (κ1) is 9.76. The van der Waals surface area contributed by atoms with Crippen LogP contribution in [0.4, 0.5) is 4.39 Å². The van der Waals surface area contributed by atoms with E-state index in [1.165, 1.54) is 0 Å². The summed E-state index contributed by atoms with van der Waals surface area (Å²) in [5.74, 6) is -1.60. The van der Waals surface area contributed by atoms with Gasteiger partial charge in [0, 0.05) is 12.5 Å². The monoisotopic (exact) mass is 212 g/mol. The third kappa shape index (κ3) is 1.86. The largest absolute Gasteiger partial charge is 0.489 e. The number of hydrogen-bond acceptors (Lipinski definition) is 3. The van der Waals surface area contributed by atoms with E-state index < -0.39 is 11.8 Å². The number of aromatic carboxylic acids is 1. The second kappa shape index (κ2) is 3.76. The molecule has 1 N–H and O–H groups in total. The molecule has 0 unspecified atom stereocenters. The predicted octanol–water partition coefficient (Wildman–Crippen LogP) is 1.69. The van der Waals surface area contributed by atoms with Crippen LogP contribution >= 0.6 is 0 Å². The van der Waals surface area contributed by atoms with Gasteiger partial charge >= 0.3 is 5.97 Å². The Hall–Kier alpha value is -1.78. The molecule has 0 spiro atoms. The van der Waals surface area contributed by atoms with Gasteiger partial charge in [0.2, 0.25) is 0 Å². The lowest BCUT2D eigenvalue weighted by atomic mass is 10.2. The van der Waals surface area contributed by atoms with E-state index in [2.05, 4.69) is 0 Å². The van der Waals surface area contributed by atoms with Crippen molar-refractivity contribution in [2.24, 2.45) is 0 Å². The zero-order valence-corrected chi connectivity index (χ0v) is 7.83. The minimum atomic E-state index is -1.23. The molecule has 0 aromatic heterocycles. The normalized spacial score (nSPS) is 14.5. The molecule has 0 saturated carbocycles. The highest BCUT2D eigenvalue weighted by molar-refractivity contribution is 5.92. The lowest BCUT2D eigenvalue weighted by molar-refractivity contribution is 0.0691. The van der Waals surface area contributed by atoms with Gasteiger partial charge in [0.1, 0.15) is 11.4 Å². The van der Waals surface area contributed by atoms with Crippen molar-refractivity contribution in [3.8, 4) is 11.5 Å². The Labute approximate surface area is 85.2 Å². The predicted molar refractivity (Wildman–Crippen MR) is 49.0 cm³/mol. The Balaban J connectivity index is 2.54. The molecule has 1 aromatic carbocycles. The Kier molecular flexibility index (Phi) is 2.45. The van der Waals surface area contributed by atoms with E-state index in [4.69, 9.17) is 14.6 Å². The molecule has 1 heterocycles. The van der Waals surface area contributed by atoms with Crippen molar-refractivity contribution in [2.75, 3.05) is 13.2 Å². The zero-order chi connectivity index (χ0) is 10.8. The molecule has 5 heteroatoms. The van der Waals surface area contributed by atoms with E-state index in [9.17, 15) is 9.18 Å². The summed E-state index contributed by atoms with van der Waals surface area (Å²) in [5.41, 5.74) is -0.202. The molecule has 1 aromatic rings. The minimum absolute atomic E-state index is 0.112. The second-order valence-corrected chi connectivity index (χ2v) is 3.14. The number of carboxylic acids is 1. The molecule has 1 aliphatic rings. The van der Waals surface area contributed by atoms with Crippen molar-refractivity contribution in [3.63, 3.8) is 0 Å². The average molecular weight is 212 g/mol. The lowest BCUT2D eigenvalue weighted by Gasteiger charge is -2.09. The number of ether oxygens (including phenoxy) is 2. The molecule has 0 atom stereocenters. The maximum Gasteiger partial charge on any atom is 0.339 e. The molecule has 15 heavy (non-hydrogen) atoms. The van der Waals surface area contributed by atoms with Crippen molar-refractivity contribution in [3.05, 3.63) is 23.5 Å². The van der Waals surface area contributed by atoms with Crippen molar-refractivity contribution < 1.29 is 23.8 Å². The number of carbonyl (C=O) groups is 1. The van der Waals surface area contributed by atoms with Gasteiger partial charge in [-0.2, -0.15) is 0 Å². The fourth-order valence-electron chi connectivity index (χ4n) is 1.40. The van der Waals surface area contributed by atoms with E-state index in [0.29, 0.717) is 19.6 Å². The zero-order valence-electron chi connectivity index (χ0n) is 7.83. The Bertz CT molecular complexity index is 403. The van der Waals surface area contributed by atoms with Crippen LogP contribution in [0.1, 0.15) is 16.8 Å². The van der Waals surface area contributed by atoms with Crippen LogP contribution < -0.4 is 9.47 Å². The smallest absolute Gasteiger partial charge is 0.339 e. The van der Waals surface area contributed by atoms with Crippen LogP contribution in [0.5, 0.6) is 11.5 Å². The SMILES string of the molecule is O=C(O)c1cc(F)cc2c1OCCCO2. The number of fused-ring (bicyclic) bond motifs is 1. The number of carboxylic acid groups (broad SMARTS) is 1. The molecular formula is C10H9FO4. The van der Waals surface area contributed by atoms with Crippen LogP contribution in [0.2, 0.25) is 0 Å². The second-order valence-electron chi connectivity index (χ2n) is 3.14. The van der Waals surface area contributed by atoms with Gasteiger partial charge in [-0.05, 0) is 6.07 Å². The molecule has 0 saturated heterocycles. The molecule has 0 amide bonds. The summed E-state index contributed by atoms with van der Waals surface area (Å²) in [6.07, 6.45) is 0.648. The highest BCUT2D eigenvalue weighted by atomic mass is 19.1. The van der Waals surface area contributed by atoms with Crippen LogP contribution in [-0.4, -0.2) is 24.3 Å². The van der Waals surface area contributed by atoms with Crippen molar-refractivity contribution in [1.29, 1.82) is 0 Å². The lowest BCUT2D eigenvalue weighted by Crippen LogP contribution is -2.04. The van der Waals surface area contributed by atoms with Crippen LogP contribution in [0.3, 0.4) is 0 Å². The Morgan fingerprint density at radius 3 is 2.80 bits per heavy atom. The maximum absolute atomic E-state index is 13.0. The summed E-state index contributed by atoms with van der Waals surface area (Å²) < 4.78 is 23.5. The van der Waals surface area contributed by atoms with Gasteiger partial charge in [0.05, 0.1) is 13.2 Å². The van der Waals surface area contributed by atoms with Crippen LogP contribution in [0.25, 0.3) is 0 Å². The van der Waals surface area contributed by atoms with Crippen LogP contribution in [-0.2, 0) is 0 Å². The standard InChI is InChI=1S/C10H9FO4/c11-6-4-7(10(12)13)9-8(5-6)14-2-1-3-15-9/h4-5H,1-3H2,(H,12,13). The number of hydrogen-bond donors (Lipinski definition) is 1. The van der Waals surface area contributed by atoms with Gasteiger partial charge in [-0.3, -0.25) is 0 Å². The number of halogens is 1. The molecule has 2 rings (SSSR count). The molecule has 0 bridgehead atoms. The summed E-state index contributed by atoms with van der Waals surface area (Å²) in [5, 5.41) is 8.85. The molecule has 0 radical (unpaired) electrons. The average Bonchev–Trinajstić information content (AvgIpc) is 2.41. The first-order valence-electron chi connectivity index (χ1n) is 4.51. The Morgan fingerprint density at radius 1 is 1.33 bits per heavy atom. The maximum atomic E-state index is 13.0. The highest BCUT2D eigenvalue weighted by Gasteiger charge is 2.20. The van der Waals surface area contributed by atoms with Crippen LogP contribution in [0.15, 0.2) is 12.1 Å². The summed E-state index contributed by atoms with van der Waals surface area (Å²) in [6, 6.07) is 2.06. The summed E-state index contributed by atoms with van der Waals surface area (Å²) in [6.45, 7) is 0.772. The summed E-state index contributed by atoms with van der Waals surface area (Å²) >= 11 is 0. The van der Waals surface area contributed by atoms with Gasteiger partial charge in [-0.15, -0.1) is 0 Å². The topological polar surface area (TPSA) is 55.8 Å². The summed E-state index contributed by atoms with van der Waals surface area (Å²) in [4.78, 5) is 10.8. The van der Waals surface area contributed by atoms with Gasteiger partial charge < -0.3 is 14.6 Å². The van der Waals surface area contributed by atoms with Gasteiger partial charge in [-0.25, -0.2) is 9.18 Å². The molecule has 0 aliphatic carbocycles. The van der Waals surface area contributed by atoms with Gasteiger partial charge in [0.25, 0.3) is 0 Å². The first-order chi connectivity index (χ1) is 7.18. The summed E-state index contributed by atoms with van der Waals surface area (Å²) in [7, 11) is 0. The van der Waals surface area contributed by atoms with Crippen molar-refractivity contribution >= 4 is 5.97 Å². The van der Waals surface area contributed by atoms with E-state index >= 15 is 0 Å². The molecule has 1 aliphatic heterocycles. The van der Waals surface area contributed by atoms with Gasteiger partial charge in [-0.1, -0.05) is 0 Å². The van der Waals surface area contributed by atoms with Crippen molar-refractivity contribution in [2.45, 2.75) is 6.42 Å². The molecule has 4 nitrogen and oxygen atoms in total. The highest BCUT2D eigenvalue weighted by Crippen LogP contribution is 2.34. The molecular weight excluding hydrogens is 203 g/mol. The van der Waals surface area contributed by atoms with Crippen molar-refractivity contribution in [1.82, 2.24) is 0 Å². The van der Waals surface area contributed by atoms with Gasteiger partial charge in [0.15, 0.2) is 11.5 Å². The molecule has 80 valence electrons. The Morgan fingerprint density at radius 2 is 2.07 bits per heavy atom. The first-order valence-corrected chi connectivity index (χ1v) is 4.51. The fraction of sp³-hybridized carbons (Fsp3) is 0.300. The number of rotatable bonds is 1. The number of benzene rings is 1. The van der Waals surface area contributed by atoms with Crippen LogP contribution in [0, 0.1) is 5.82 Å². The third-order valence-electron chi connectivity index (χ3n) is 2.04. The van der Waals surface area contributed by atoms with E-state index in [1.807, 2.05) is 0 Å². The van der Waals surface area contributed by atoms with E-state index in [1.54, 1.807) is 0 Å². The molecule has 0 fully saturated rings. The van der Waals surface area contributed by atoms with E-state index in [0.717, 1.165) is 12.1 Å². The minimum Gasteiger partial charge on any atom is -0.489 e. The third-order valence-corrected chi connectivity index (χ3v) is 2.04. The van der Waals surface area contributed by atoms with E-state index in [-0.39, 0.29) is 17.1 Å². The fourth-order valence-corrected chi connectivity index (χ4v) is 1.40. The quantitative estimate of drug-likeness (QED) is 0.769.